The molecular weight excluding hydrogens is 234 g/mol. The lowest BCUT2D eigenvalue weighted by Crippen LogP contribution is -2.24. The van der Waals surface area contributed by atoms with Crippen molar-refractivity contribution < 1.29 is 4.42 Å². The Hall–Kier alpha value is -1.33. The third-order valence-electron chi connectivity index (χ3n) is 2.89. The van der Waals surface area contributed by atoms with Crippen molar-refractivity contribution in [3.05, 3.63) is 35.2 Å². The predicted molar refractivity (Wildman–Crippen MR) is 67.9 cm³/mol. The van der Waals surface area contributed by atoms with E-state index in [1.807, 2.05) is 17.5 Å². The largest absolute Gasteiger partial charge is 0.467 e. The van der Waals surface area contributed by atoms with Crippen LogP contribution in [0.15, 0.2) is 28.2 Å². The average molecular weight is 249 g/mol. The van der Waals surface area contributed by atoms with E-state index in [-0.39, 0.29) is 0 Å². The van der Waals surface area contributed by atoms with Gasteiger partial charge in [-0.2, -0.15) is 0 Å². The minimum atomic E-state index is 0.510. The highest BCUT2D eigenvalue weighted by Crippen LogP contribution is 2.34. The Balaban J connectivity index is 1.79. The third kappa shape index (κ3) is 2.35. The van der Waals surface area contributed by atoms with Gasteiger partial charge >= 0.3 is 0 Å². The molecule has 1 aliphatic carbocycles. The number of nitrogens with two attached hydrogens (primary N) is 1. The summed E-state index contributed by atoms with van der Waals surface area (Å²) in [4.78, 5) is 6.87. The molecule has 1 saturated carbocycles. The second-order valence-corrected chi connectivity index (χ2v) is 5.10. The average Bonchev–Trinajstić information content (AvgIpc) is 2.88. The van der Waals surface area contributed by atoms with E-state index in [1.54, 1.807) is 17.6 Å². The van der Waals surface area contributed by atoms with Crippen LogP contribution in [0.25, 0.3) is 0 Å². The van der Waals surface area contributed by atoms with Crippen LogP contribution >= 0.6 is 11.3 Å². The van der Waals surface area contributed by atoms with Crippen LogP contribution in [0.2, 0.25) is 0 Å². The normalized spacial score (nSPS) is 15.1. The number of thiazole rings is 1. The van der Waals surface area contributed by atoms with Gasteiger partial charge in [-0.1, -0.05) is 0 Å². The number of rotatable bonds is 5. The summed E-state index contributed by atoms with van der Waals surface area (Å²) >= 11 is 1.67. The quantitative estimate of drug-likeness (QED) is 0.883. The second kappa shape index (κ2) is 4.50. The lowest BCUT2D eigenvalue weighted by Gasteiger charge is -2.19. The summed E-state index contributed by atoms with van der Waals surface area (Å²) in [5, 5.41) is 3.09. The molecule has 0 radical (unpaired) electrons. The summed E-state index contributed by atoms with van der Waals surface area (Å²) in [5.41, 5.74) is 6.57. The van der Waals surface area contributed by atoms with Crippen LogP contribution in [0.3, 0.4) is 0 Å². The third-order valence-corrected chi connectivity index (χ3v) is 3.81. The highest BCUT2D eigenvalue weighted by atomic mass is 32.1. The summed E-state index contributed by atoms with van der Waals surface area (Å²) in [7, 11) is 0. The van der Waals surface area contributed by atoms with E-state index >= 15 is 0 Å². The van der Waals surface area contributed by atoms with Gasteiger partial charge in [0.25, 0.3) is 0 Å². The van der Waals surface area contributed by atoms with Crippen molar-refractivity contribution in [3.63, 3.8) is 0 Å². The van der Waals surface area contributed by atoms with Crippen molar-refractivity contribution in [2.75, 3.05) is 4.90 Å². The Kier molecular flexibility index (Phi) is 2.86. The predicted octanol–water partition coefficient (Wildman–Crippen LogP) is 2.36. The van der Waals surface area contributed by atoms with Crippen molar-refractivity contribution >= 4 is 16.5 Å². The standard InChI is InChI=1S/C12H15N3OS/c13-6-9-8-17-12(14-9)15(10-3-4-10)7-11-2-1-5-16-11/h1-2,5,8,10H,3-4,6-7,13H2. The van der Waals surface area contributed by atoms with Crippen LogP contribution < -0.4 is 10.6 Å². The van der Waals surface area contributed by atoms with Gasteiger partial charge in [-0.3, -0.25) is 0 Å². The van der Waals surface area contributed by atoms with E-state index in [4.69, 9.17) is 10.2 Å². The number of hydrogen-bond donors (Lipinski definition) is 1. The zero-order valence-corrected chi connectivity index (χ0v) is 10.3. The van der Waals surface area contributed by atoms with Crippen molar-refractivity contribution in [1.82, 2.24) is 4.98 Å². The molecule has 0 amide bonds. The van der Waals surface area contributed by atoms with E-state index in [0.717, 1.165) is 23.1 Å². The van der Waals surface area contributed by atoms with E-state index in [9.17, 15) is 0 Å². The maximum absolute atomic E-state index is 5.60. The molecule has 2 aromatic heterocycles. The molecule has 90 valence electrons. The second-order valence-electron chi connectivity index (χ2n) is 4.26. The van der Waals surface area contributed by atoms with E-state index < -0.39 is 0 Å². The molecule has 2 heterocycles. The Morgan fingerprint density at radius 3 is 3.00 bits per heavy atom. The molecule has 0 aromatic carbocycles. The molecule has 0 atom stereocenters. The van der Waals surface area contributed by atoms with Crippen molar-refractivity contribution in [1.29, 1.82) is 0 Å². The molecule has 0 aliphatic heterocycles. The van der Waals surface area contributed by atoms with Crippen molar-refractivity contribution in [3.8, 4) is 0 Å². The van der Waals surface area contributed by atoms with Crippen LogP contribution in [0.4, 0.5) is 5.13 Å². The van der Waals surface area contributed by atoms with Gasteiger partial charge in [0.05, 0.1) is 18.5 Å². The van der Waals surface area contributed by atoms with Gasteiger partial charge in [0, 0.05) is 18.0 Å². The topological polar surface area (TPSA) is 55.3 Å². The highest BCUT2D eigenvalue weighted by Gasteiger charge is 2.31. The van der Waals surface area contributed by atoms with E-state index in [2.05, 4.69) is 9.88 Å². The Labute approximate surface area is 104 Å². The number of anilines is 1. The van der Waals surface area contributed by atoms with Crippen LogP contribution in [0.5, 0.6) is 0 Å². The maximum atomic E-state index is 5.60. The van der Waals surface area contributed by atoms with E-state index in [0.29, 0.717) is 12.6 Å². The molecule has 17 heavy (non-hydrogen) atoms. The fourth-order valence-electron chi connectivity index (χ4n) is 1.83. The summed E-state index contributed by atoms with van der Waals surface area (Å²) in [6.07, 6.45) is 4.21. The molecule has 1 fully saturated rings. The first-order valence-corrected chi connectivity index (χ1v) is 6.68. The summed E-state index contributed by atoms with van der Waals surface area (Å²) in [6, 6.07) is 4.55. The zero-order chi connectivity index (χ0) is 11.7. The molecule has 1 aliphatic rings. The van der Waals surface area contributed by atoms with Gasteiger partial charge in [-0.05, 0) is 25.0 Å². The maximum Gasteiger partial charge on any atom is 0.186 e. The molecule has 0 unspecified atom stereocenters. The lowest BCUT2D eigenvalue weighted by molar-refractivity contribution is 0.501. The SMILES string of the molecule is NCc1csc(N(Cc2ccco2)C2CC2)n1. The van der Waals surface area contributed by atoms with Crippen LogP contribution in [0.1, 0.15) is 24.3 Å². The molecule has 3 rings (SSSR count). The Bertz CT molecular complexity index is 476. The van der Waals surface area contributed by atoms with Crippen molar-refractivity contribution in [2.24, 2.45) is 5.73 Å². The molecule has 4 nitrogen and oxygen atoms in total. The van der Waals surface area contributed by atoms with Gasteiger partial charge in [-0.15, -0.1) is 11.3 Å². The minimum Gasteiger partial charge on any atom is -0.467 e. The number of nitrogens with zero attached hydrogens (tertiary/aromatic N) is 2. The molecular formula is C12H15N3OS. The summed E-state index contributed by atoms with van der Waals surface area (Å²) < 4.78 is 5.41. The molecule has 2 aromatic rings. The fraction of sp³-hybridized carbons (Fsp3) is 0.417. The molecule has 2 N–H and O–H groups in total. The first-order chi connectivity index (χ1) is 8.36. The molecule has 0 spiro atoms. The fourth-order valence-corrected chi connectivity index (χ4v) is 2.74. The monoisotopic (exact) mass is 249 g/mol. The Morgan fingerprint density at radius 2 is 2.41 bits per heavy atom. The molecule has 0 bridgehead atoms. The molecule has 5 heteroatoms. The zero-order valence-electron chi connectivity index (χ0n) is 9.50. The van der Waals surface area contributed by atoms with Gasteiger partial charge in [0.15, 0.2) is 5.13 Å². The number of furan rings is 1. The van der Waals surface area contributed by atoms with Crippen molar-refractivity contribution in [2.45, 2.75) is 32.0 Å². The first kappa shape index (κ1) is 10.8. The van der Waals surface area contributed by atoms with E-state index in [1.165, 1.54) is 12.8 Å². The number of hydrogen-bond acceptors (Lipinski definition) is 5. The summed E-state index contributed by atoms with van der Waals surface area (Å²) in [5.74, 6) is 0.987. The van der Waals surface area contributed by atoms with Gasteiger partial charge in [0.1, 0.15) is 5.76 Å². The lowest BCUT2D eigenvalue weighted by atomic mass is 10.4. The van der Waals surface area contributed by atoms with Crippen LogP contribution in [-0.2, 0) is 13.1 Å². The van der Waals surface area contributed by atoms with Gasteiger partial charge in [-0.25, -0.2) is 4.98 Å². The minimum absolute atomic E-state index is 0.510. The smallest absolute Gasteiger partial charge is 0.186 e. The Morgan fingerprint density at radius 1 is 1.53 bits per heavy atom. The van der Waals surface area contributed by atoms with Gasteiger partial charge in [0.2, 0.25) is 0 Å². The molecule has 0 saturated heterocycles. The van der Waals surface area contributed by atoms with Crippen LogP contribution in [0, 0.1) is 0 Å². The number of aromatic nitrogens is 1. The first-order valence-electron chi connectivity index (χ1n) is 5.80. The summed E-state index contributed by atoms with van der Waals surface area (Å²) in [6.45, 7) is 1.31. The van der Waals surface area contributed by atoms with Gasteiger partial charge < -0.3 is 15.1 Å². The van der Waals surface area contributed by atoms with Crippen LogP contribution in [-0.4, -0.2) is 11.0 Å². The highest BCUT2D eigenvalue weighted by molar-refractivity contribution is 7.13.